The molecule has 0 aliphatic carbocycles. The topological polar surface area (TPSA) is 95.7 Å². The number of tetrazole rings is 1. The number of aromatic nitrogens is 6. The fraction of sp³-hybridized carbons (Fsp3) is 0.133. The van der Waals surface area contributed by atoms with Gasteiger partial charge in [0.2, 0.25) is 11.7 Å². The van der Waals surface area contributed by atoms with E-state index in [1.54, 1.807) is 36.4 Å². The highest BCUT2D eigenvalue weighted by atomic mass is 19.3. The number of benzene rings is 1. The second-order valence-corrected chi connectivity index (χ2v) is 5.06. The van der Waals surface area contributed by atoms with Crippen molar-refractivity contribution < 1.29 is 17.6 Å². The van der Waals surface area contributed by atoms with Gasteiger partial charge in [-0.3, -0.25) is 0 Å². The first-order chi connectivity index (χ1) is 12.2. The van der Waals surface area contributed by atoms with Crippen molar-refractivity contribution in [3.63, 3.8) is 0 Å². The summed E-state index contributed by atoms with van der Waals surface area (Å²) >= 11 is 0. The summed E-state index contributed by atoms with van der Waals surface area (Å²) in [6.07, 6.45) is -1.26. The average molecular weight is 344 g/mol. The molecule has 0 atom stereocenters. The molecule has 4 rings (SSSR count). The van der Waals surface area contributed by atoms with Crippen molar-refractivity contribution in [1.29, 1.82) is 0 Å². The van der Waals surface area contributed by atoms with Crippen molar-refractivity contribution in [1.82, 2.24) is 30.4 Å². The van der Waals surface area contributed by atoms with E-state index in [1.807, 2.05) is 0 Å². The van der Waals surface area contributed by atoms with Gasteiger partial charge in [-0.1, -0.05) is 12.1 Å². The predicted octanol–water partition coefficient (Wildman–Crippen LogP) is 2.97. The van der Waals surface area contributed by atoms with Crippen molar-refractivity contribution in [3.05, 3.63) is 54.1 Å². The van der Waals surface area contributed by atoms with Gasteiger partial charge in [-0.15, -0.1) is 20.4 Å². The number of furan rings is 1. The Morgan fingerprint density at radius 1 is 1.04 bits per heavy atom. The Hall–Kier alpha value is -3.43. The minimum absolute atomic E-state index is 0.0424. The van der Waals surface area contributed by atoms with Gasteiger partial charge < -0.3 is 8.83 Å². The molecule has 0 bridgehead atoms. The minimum atomic E-state index is -2.79. The van der Waals surface area contributed by atoms with Gasteiger partial charge in [-0.2, -0.15) is 13.6 Å². The number of hydrogen-bond acceptors (Lipinski definition) is 7. The van der Waals surface area contributed by atoms with E-state index >= 15 is 0 Å². The third kappa shape index (κ3) is 3.13. The zero-order valence-corrected chi connectivity index (χ0v) is 12.6. The molecule has 126 valence electrons. The van der Waals surface area contributed by atoms with Gasteiger partial charge in [0.25, 0.3) is 5.89 Å². The van der Waals surface area contributed by atoms with E-state index in [1.165, 1.54) is 11.1 Å². The maximum Gasteiger partial charge on any atom is 0.314 e. The lowest BCUT2D eigenvalue weighted by Gasteiger charge is -2.00. The summed E-state index contributed by atoms with van der Waals surface area (Å²) < 4.78 is 35.1. The lowest BCUT2D eigenvalue weighted by Crippen LogP contribution is -2.03. The Balaban J connectivity index is 1.48. The van der Waals surface area contributed by atoms with E-state index in [0.29, 0.717) is 23.7 Å². The molecule has 0 radical (unpaired) electrons. The molecular weight excluding hydrogens is 334 g/mol. The third-order valence-electron chi connectivity index (χ3n) is 3.35. The summed E-state index contributed by atoms with van der Waals surface area (Å²) in [5.74, 6) is 0.275. The Bertz CT molecular complexity index is 962. The smallest absolute Gasteiger partial charge is 0.314 e. The van der Waals surface area contributed by atoms with Crippen molar-refractivity contribution in [3.8, 4) is 23.0 Å². The summed E-state index contributed by atoms with van der Waals surface area (Å²) in [5.41, 5.74) is 1.44. The first-order valence-electron chi connectivity index (χ1n) is 7.21. The van der Waals surface area contributed by atoms with Gasteiger partial charge in [-0.05, 0) is 35.0 Å². The fourth-order valence-electron chi connectivity index (χ4n) is 2.17. The quantitative estimate of drug-likeness (QED) is 0.549. The van der Waals surface area contributed by atoms with E-state index < -0.39 is 12.3 Å². The first-order valence-corrected chi connectivity index (χ1v) is 7.21. The second-order valence-electron chi connectivity index (χ2n) is 5.06. The molecule has 0 spiro atoms. The average Bonchev–Trinajstić information content (AvgIpc) is 3.36. The van der Waals surface area contributed by atoms with E-state index in [4.69, 9.17) is 8.83 Å². The maximum atomic E-state index is 12.5. The number of halogens is 2. The molecule has 0 aliphatic heterocycles. The van der Waals surface area contributed by atoms with Crippen LogP contribution >= 0.6 is 0 Å². The molecule has 1 aromatic carbocycles. The van der Waals surface area contributed by atoms with Crippen LogP contribution in [0.4, 0.5) is 8.78 Å². The second kappa shape index (κ2) is 6.23. The van der Waals surface area contributed by atoms with Crippen LogP contribution in [-0.2, 0) is 6.54 Å². The summed E-state index contributed by atoms with van der Waals surface area (Å²) in [5, 5.41) is 19.0. The number of alkyl halides is 2. The molecule has 0 fully saturated rings. The van der Waals surface area contributed by atoms with Crippen molar-refractivity contribution in [2.45, 2.75) is 13.0 Å². The summed E-state index contributed by atoms with van der Waals surface area (Å²) in [6.45, 7) is 0.389. The molecule has 3 heterocycles. The monoisotopic (exact) mass is 344 g/mol. The number of nitrogens with zero attached hydrogens (tertiary/aromatic N) is 6. The van der Waals surface area contributed by atoms with Gasteiger partial charge in [0.1, 0.15) is 0 Å². The Kier molecular flexibility index (Phi) is 3.77. The highest BCUT2D eigenvalue weighted by Gasteiger charge is 2.17. The van der Waals surface area contributed by atoms with Crippen molar-refractivity contribution in [2.24, 2.45) is 0 Å². The molecule has 10 heteroatoms. The molecule has 0 N–H and O–H groups in total. The van der Waals surface area contributed by atoms with Crippen LogP contribution in [-0.4, -0.2) is 30.4 Å². The maximum absolute atomic E-state index is 12.5. The number of hydrogen-bond donors (Lipinski definition) is 0. The molecule has 0 saturated carbocycles. The Morgan fingerprint density at radius 2 is 1.88 bits per heavy atom. The zero-order valence-electron chi connectivity index (χ0n) is 12.6. The SMILES string of the molecule is FC(F)c1nnc(-c2ccc(Cn3nnc(-c4ccco4)n3)cc2)o1. The Labute approximate surface area is 139 Å². The molecule has 0 unspecified atom stereocenters. The van der Waals surface area contributed by atoms with E-state index in [-0.39, 0.29) is 5.89 Å². The molecule has 0 saturated heterocycles. The molecule has 0 aliphatic rings. The standard InChI is InChI=1S/C15H10F2N6O2/c16-12(17)15-20-19-14(25-15)10-5-3-9(4-6-10)8-23-21-13(18-22-23)11-2-1-7-24-11/h1-7,12H,8H2. The van der Waals surface area contributed by atoms with Gasteiger partial charge in [0, 0.05) is 5.56 Å². The first kappa shape index (κ1) is 15.1. The van der Waals surface area contributed by atoms with E-state index in [9.17, 15) is 8.78 Å². The van der Waals surface area contributed by atoms with E-state index in [0.717, 1.165) is 5.56 Å². The van der Waals surface area contributed by atoms with Crippen LogP contribution in [0.5, 0.6) is 0 Å². The van der Waals surface area contributed by atoms with Crippen molar-refractivity contribution in [2.75, 3.05) is 0 Å². The van der Waals surface area contributed by atoms with Crippen LogP contribution < -0.4 is 0 Å². The summed E-state index contributed by atoms with van der Waals surface area (Å²) in [7, 11) is 0. The molecular formula is C15H10F2N6O2. The van der Waals surface area contributed by atoms with Crippen molar-refractivity contribution >= 4 is 0 Å². The van der Waals surface area contributed by atoms with Crippen LogP contribution in [0.25, 0.3) is 23.0 Å². The van der Waals surface area contributed by atoms with E-state index in [2.05, 4.69) is 25.6 Å². The summed E-state index contributed by atoms with van der Waals surface area (Å²) in [6, 6.07) is 10.5. The van der Waals surface area contributed by atoms with Crippen LogP contribution in [0.3, 0.4) is 0 Å². The molecule has 25 heavy (non-hydrogen) atoms. The summed E-state index contributed by atoms with van der Waals surface area (Å²) in [4.78, 5) is 1.43. The lowest BCUT2D eigenvalue weighted by atomic mass is 10.1. The molecule has 8 nitrogen and oxygen atoms in total. The zero-order chi connectivity index (χ0) is 17.2. The Morgan fingerprint density at radius 3 is 2.56 bits per heavy atom. The molecule has 0 amide bonds. The molecule has 3 aromatic heterocycles. The van der Waals surface area contributed by atoms with Gasteiger partial charge in [0.15, 0.2) is 5.76 Å². The van der Waals surface area contributed by atoms with Crippen LogP contribution in [0.1, 0.15) is 17.9 Å². The van der Waals surface area contributed by atoms with Gasteiger partial charge in [0.05, 0.1) is 12.8 Å². The van der Waals surface area contributed by atoms with Crippen LogP contribution in [0.15, 0.2) is 51.5 Å². The van der Waals surface area contributed by atoms with Gasteiger partial charge >= 0.3 is 6.43 Å². The third-order valence-corrected chi connectivity index (χ3v) is 3.35. The predicted molar refractivity (Wildman–Crippen MR) is 79.3 cm³/mol. The van der Waals surface area contributed by atoms with Crippen LogP contribution in [0.2, 0.25) is 0 Å². The minimum Gasteiger partial charge on any atom is -0.461 e. The normalized spacial score (nSPS) is 11.3. The largest absolute Gasteiger partial charge is 0.461 e. The number of rotatable bonds is 5. The van der Waals surface area contributed by atoms with Gasteiger partial charge in [-0.25, -0.2) is 0 Å². The lowest BCUT2D eigenvalue weighted by molar-refractivity contribution is 0.116. The highest BCUT2D eigenvalue weighted by molar-refractivity contribution is 5.53. The fourth-order valence-corrected chi connectivity index (χ4v) is 2.17. The van der Waals surface area contributed by atoms with Crippen LogP contribution in [0, 0.1) is 0 Å². The molecule has 4 aromatic rings. The highest BCUT2D eigenvalue weighted by Crippen LogP contribution is 2.23.